The summed E-state index contributed by atoms with van der Waals surface area (Å²) in [6.07, 6.45) is 1.55. The Morgan fingerprint density at radius 2 is 2.00 bits per heavy atom. The topological polar surface area (TPSA) is 63.2 Å². The van der Waals surface area contributed by atoms with Crippen LogP contribution in [0.1, 0.15) is 17.0 Å². The molecule has 2 aromatic heterocycles. The first-order valence-corrected chi connectivity index (χ1v) is 9.03. The minimum atomic E-state index is 0.433. The van der Waals surface area contributed by atoms with Gasteiger partial charge < -0.3 is 19.2 Å². The second-order valence-electron chi connectivity index (χ2n) is 6.71. The van der Waals surface area contributed by atoms with E-state index in [9.17, 15) is 5.21 Å². The minimum absolute atomic E-state index is 0.433. The van der Waals surface area contributed by atoms with Crippen molar-refractivity contribution < 1.29 is 14.2 Å². The largest absolute Gasteiger partial charge is 0.618 e. The third-order valence-electron chi connectivity index (χ3n) is 4.98. The highest BCUT2D eigenvalue weighted by atomic mass is 16.5. The summed E-state index contributed by atoms with van der Waals surface area (Å²) >= 11 is 0. The van der Waals surface area contributed by atoms with Crippen molar-refractivity contribution in [1.29, 1.82) is 0 Å². The molecule has 0 N–H and O–H groups in total. The van der Waals surface area contributed by atoms with Crippen LogP contribution in [0.25, 0.3) is 21.9 Å². The number of nitrogens with zero attached hydrogens (tertiary/aromatic N) is 3. The van der Waals surface area contributed by atoms with Crippen molar-refractivity contribution in [3.05, 3.63) is 76.9 Å². The lowest BCUT2D eigenvalue weighted by Crippen LogP contribution is -2.27. The molecule has 0 aliphatic carbocycles. The number of benzene rings is 2. The fraction of sp³-hybridized carbons (Fsp3) is 0.238. The van der Waals surface area contributed by atoms with Gasteiger partial charge in [-0.15, -0.1) is 0 Å². The zero-order chi connectivity index (χ0) is 18.2. The standard InChI is InChI=1S/C21H19N3O3/c25-24-11-17-21(23-9-10-26-14-19(23)22-17)20-16(7-4-8-18(20)24)13-27-12-15-5-2-1-3-6-15/h1-8,11H,9-10,12-14H2. The van der Waals surface area contributed by atoms with Crippen molar-refractivity contribution in [2.45, 2.75) is 26.4 Å². The van der Waals surface area contributed by atoms with Crippen molar-refractivity contribution in [3.63, 3.8) is 0 Å². The summed E-state index contributed by atoms with van der Waals surface area (Å²) in [7, 11) is 0. The lowest BCUT2D eigenvalue weighted by Gasteiger charge is -2.16. The van der Waals surface area contributed by atoms with Crippen LogP contribution < -0.4 is 4.73 Å². The van der Waals surface area contributed by atoms with E-state index in [0.29, 0.717) is 37.5 Å². The first kappa shape index (κ1) is 16.2. The number of hydrogen-bond donors (Lipinski definition) is 0. The number of ether oxygens (including phenoxy) is 2. The fourth-order valence-corrected chi connectivity index (χ4v) is 3.74. The summed E-state index contributed by atoms with van der Waals surface area (Å²) in [6, 6.07) is 15.8. The van der Waals surface area contributed by atoms with Gasteiger partial charge in [0, 0.05) is 12.6 Å². The Bertz CT molecular complexity index is 1120. The molecular weight excluding hydrogens is 342 g/mol. The molecule has 0 spiro atoms. The molecule has 136 valence electrons. The molecule has 0 bridgehead atoms. The van der Waals surface area contributed by atoms with E-state index in [-0.39, 0.29) is 0 Å². The van der Waals surface area contributed by atoms with Gasteiger partial charge in [0.1, 0.15) is 12.4 Å². The molecule has 0 amide bonds. The lowest BCUT2D eigenvalue weighted by molar-refractivity contribution is -0.575. The van der Waals surface area contributed by atoms with Gasteiger partial charge in [0.2, 0.25) is 11.7 Å². The summed E-state index contributed by atoms with van der Waals surface area (Å²) in [5.41, 5.74) is 4.45. The predicted octanol–water partition coefficient (Wildman–Crippen LogP) is 3.07. The quantitative estimate of drug-likeness (QED) is 0.414. The van der Waals surface area contributed by atoms with Gasteiger partial charge in [-0.05, 0) is 11.1 Å². The molecule has 1 aliphatic heterocycles. The Kier molecular flexibility index (Phi) is 3.99. The van der Waals surface area contributed by atoms with Crippen LogP contribution in [0, 0.1) is 5.21 Å². The van der Waals surface area contributed by atoms with Crippen LogP contribution in [0.2, 0.25) is 0 Å². The van der Waals surface area contributed by atoms with Gasteiger partial charge in [0.15, 0.2) is 5.52 Å². The van der Waals surface area contributed by atoms with Crippen LogP contribution in [0.4, 0.5) is 0 Å². The van der Waals surface area contributed by atoms with E-state index in [1.54, 1.807) is 6.20 Å². The molecule has 0 saturated carbocycles. The zero-order valence-corrected chi connectivity index (χ0v) is 14.8. The Balaban J connectivity index is 1.59. The SMILES string of the molecule is [O-][n+]1cc2nc3n(c2c2c(COCc4ccccc4)cccc21)CCOC3. The van der Waals surface area contributed by atoms with E-state index in [0.717, 1.165) is 39.1 Å². The molecule has 0 saturated heterocycles. The maximum Gasteiger partial charge on any atom is 0.226 e. The molecule has 2 aromatic carbocycles. The van der Waals surface area contributed by atoms with E-state index < -0.39 is 0 Å². The van der Waals surface area contributed by atoms with Gasteiger partial charge in [0.05, 0.1) is 30.7 Å². The maximum absolute atomic E-state index is 12.5. The number of imidazole rings is 1. The Labute approximate surface area is 156 Å². The van der Waals surface area contributed by atoms with Crippen molar-refractivity contribution in [3.8, 4) is 0 Å². The molecule has 6 nitrogen and oxygen atoms in total. The van der Waals surface area contributed by atoms with Crippen LogP contribution in [-0.4, -0.2) is 16.2 Å². The highest BCUT2D eigenvalue weighted by Gasteiger charge is 2.22. The highest BCUT2D eigenvalue weighted by molar-refractivity contribution is 6.02. The molecule has 5 rings (SSSR count). The first-order valence-electron chi connectivity index (χ1n) is 9.03. The van der Waals surface area contributed by atoms with Gasteiger partial charge in [-0.2, -0.15) is 4.73 Å². The van der Waals surface area contributed by atoms with Crippen molar-refractivity contribution in [2.24, 2.45) is 0 Å². The molecule has 0 unspecified atom stereocenters. The number of rotatable bonds is 4. The number of pyridine rings is 1. The van der Waals surface area contributed by atoms with E-state index in [1.165, 1.54) is 0 Å². The lowest BCUT2D eigenvalue weighted by atomic mass is 10.1. The second kappa shape index (κ2) is 6.64. The van der Waals surface area contributed by atoms with Gasteiger partial charge in [-0.25, -0.2) is 4.98 Å². The third kappa shape index (κ3) is 2.83. The third-order valence-corrected chi connectivity index (χ3v) is 4.98. The van der Waals surface area contributed by atoms with Gasteiger partial charge in [-0.1, -0.05) is 42.5 Å². The smallest absolute Gasteiger partial charge is 0.226 e. The summed E-state index contributed by atoms with van der Waals surface area (Å²) < 4.78 is 14.5. The van der Waals surface area contributed by atoms with E-state index in [1.807, 2.05) is 48.5 Å². The zero-order valence-electron chi connectivity index (χ0n) is 14.8. The molecule has 0 radical (unpaired) electrons. The molecule has 4 aromatic rings. The van der Waals surface area contributed by atoms with E-state index in [4.69, 9.17) is 9.47 Å². The normalized spacial score (nSPS) is 13.9. The van der Waals surface area contributed by atoms with E-state index in [2.05, 4.69) is 9.55 Å². The molecular formula is C21H19N3O3. The maximum atomic E-state index is 12.5. The molecule has 6 heteroatoms. The summed E-state index contributed by atoms with van der Waals surface area (Å²) in [4.78, 5) is 4.61. The highest BCUT2D eigenvalue weighted by Crippen LogP contribution is 2.29. The molecule has 27 heavy (non-hydrogen) atoms. The Morgan fingerprint density at radius 3 is 2.89 bits per heavy atom. The van der Waals surface area contributed by atoms with Crippen LogP contribution in [0.15, 0.2) is 54.7 Å². The van der Waals surface area contributed by atoms with Crippen LogP contribution in [0.3, 0.4) is 0 Å². The molecule has 0 atom stereocenters. The minimum Gasteiger partial charge on any atom is -0.618 e. The summed E-state index contributed by atoms with van der Waals surface area (Å²) in [6.45, 7) is 2.83. The van der Waals surface area contributed by atoms with Crippen molar-refractivity contribution >= 4 is 21.9 Å². The number of hydrogen-bond acceptors (Lipinski definition) is 4. The monoisotopic (exact) mass is 361 g/mol. The average molecular weight is 361 g/mol. The molecule has 3 heterocycles. The first-order chi connectivity index (χ1) is 13.3. The van der Waals surface area contributed by atoms with E-state index >= 15 is 0 Å². The van der Waals surface area contributed by atoms with Crippen LogP contribution in [0.5, 0.6) is 0 Å². The fourth-order valence-electron chi connectivity index (χ4n) is 3.74. The average Bonchev–Trinajstić information content (AvgIpc) is 3.07. The number of aromatic nitrogens is 3. The van der Waals surface area contributed by atoms with Crippen LogP contribution in [-0.2, 0) is 35.8 Å². The van der Waals surface area contributed by atoms with Crippen molar-refractivity contribution in [1.82, 2.24) is 9.55 Å². The summed E-state index contributed by atoms with van der Waals surface area (Å²) in [5, 5.41) is 13.5. The Morgan fingerprint density at radius 1 is 1.11 bits per heavy atom. The number of fused-ring (bicyclic) bond motifs is 5. The van der Waals surface area contributed by atoms with Gasteiger partial charge in [0.25, 0.3) is 0 Å². The van der Waals surface area contributed by atoms with Gasteiger partial charge >= 0.3 is 0 Å². The summed E-state index contributed by atoms with van der Waals surface area (Å²) in [5.74, 6) is 0.865. The van der Waals surface area contributed by atoms with Crippen molar-refractivity contribution in [2.75, 3.05) is 6.61 Å². The molecule has 1 aliphatic rings. The second-order valence-corrected chi connectivity index (χ2v) is 6.71. The Hall–Kier alpha value is -2.96. The van der Waals surface area contributed by atoms with Gasteiger partial charge in [-0.3, -0.25) is 0 Å². The predicted molar refractivity (Wildman–Crippen MR) is 101 cm³/mol. The van der Waals surface area contributed by atoms with Crippen LogP contribution >= 0.6 is 0 Å². The molecule has 0 fully saturated rings.